The van der Waals surface area contributed by atoms with Crippen molar-refractivity contribution >= 4 is 23.1 Å². The summed E-state index contributed by atoms with van der Waals surface area (Å²) in [4.78, 5) is 1.03. The fraction of sp³-hybridized carbons (Fsp3) is 0.385. The van der Waals surface area contributed by atoms with Gasteiger partial charge in [0.2, 0.25) is 0 Å². The lowest BCUT2D eigenvalue weighted by Crippen LogP contribution is -2.23. The van der Waals surface area contributed by atoms with Crippen LogP contribution in [0.1, 0.15) is 29.1 Å². The summed E-state index contributed by atoms with van der Waals surface area (Å²) in [5, 5.41) is 7.80. The van der Waals surface area contributed by atoms with Crippen LogP contribution < -0.4 is 5.32 Å². The Morgan fingerprint density at radius 1 is 1.47 bits per heavy atom. The van der Waals surface area contributed by atoms with Gasteiger partial charge in [-0.3, -0.25) is 0 Å². The van der Waals surface area contributed by atoms with Crippen molar-refractivity contribution in [3.05, 3.63) is 45.2 Å². The largest absolute Gasteiger partial charge is 0.309 e. The van der Waals surface area contributed by atoms with Crippen molar-refractivity contribution in [2.24, 2.45) is 0 Å². The van der Waals surface area contributed by atoms with Gasteiger partial charge in [0.1, 0.15) is 5.82 Å². The molecule has 102 valence electrons. The van der Waals surface area contributed by atoms with E-state index in [-0.39, 0.29) is 11.9 Å². The first kappa shape index (κ1) is 14.4. The van der Waals surface area contributed by atoms with E-state index in [2.05, 4.69) is 14.9 Å². The van der Waals surface area contributed by atoms with Crippen LogP contribution >= 0.6 is 23.1 Å². The lowest BCUT2D eigenvalue weighted by atomic mass is 10.0. The maximum Gasteiger partial charge on any atom is 0.127 e. The van der Waals surface area contributed by atoms with E-state index in [9.17, 15) is 4.39 Å². The molecule has 0 saturated heterocycles. The first-order valence-electron chi connectivity index (χ1n) is 6.08. The minimum atomic E-state index is -0.273. The minimum Gasteiger partial charge on any atom is -0.309 e. The lowest BCUT2D eigenvalue weighted by Gasteiger charge is -2.17. The highest BCUT2D eigenvalue weighted by molar-refractivity contribution is 7.05. The number of nitrogens with zero attached hydrogens (tertiary/aromatic N) is 2. The molecule has 1 unspecified atom stereocenters. The number of halogens is 2. The average molecular weight is 300 g/mol. The molecule has 3 nitrogen and oxygen atoms in total. The van der Waals surface area contributed by atoms with E-state index in [1.54, 1.807) is 12.1 Å². The number of likely N-dealkylation sites (N-methyl/N-ethyl adjacent to an activating group) is 1. The number of rotatable bonds is 5. The molecule has 0 fully saturated rings. The molecular formula is C13H15ClFN3S. The van der Waals surface area contributed by atoms with Crippen LogP contribution in [-0.4, -0.2) is 16.1 Å². The molecule has 0 amide bonds. The molecule has 2 rings (SSSR count). The molecule has 0 spiro atoms. The highest BCUT2D eigenvalue weighted by Gasteiger charge is 2.20. The van der Waals surface area contributed by atoms with E-state index < -0.39 is 0 Å². The zero-order valence-electron chi connectivity index (χ0n) is 10.8. The molecule has 0 aliphatic rings. The van der Waals surface area contributed by atoms with Gasteiger partial charge in [0, 0.05) is 16.6 Å². The summed E-state index contributed by atoms with van der Waals surface area (Å²) in [6, 6.07) is 4.74. The van der Waals surface area contributed by atoms with Crippen LogP contribution in [0.5, 0.6) is 0 Å². The fourth-order valence-electron chi connectivity index (χ4n) is 1.99. The molecule has 1 aromatic carbocycles. The highest BCUT2D eigenvalue weighted by atomic mass is 35.5. The number of aryl methyl sites for hydroxylation is 1. The first-order valence-corrected chi connectivity index (χ1v) is 7.23. The summed E-state index contributed by atoms with van der Waals surface area (Å²) in [6.45, 7) is 4.71. The topological polar surface area (TPSA) is 37.8 Å². The Kier molecular flexibility index (Phi) is 4.85. The normalized spacial score (nSPS) is 12.6. The van der Waals surface area contributed by atoms with E-state index in [0.29, 0.717) is 17.0 Å². The third kappa shape index (κ3) is 3.29. The number of hydrogen-bond acceptors (Lipinski definition) is 4. The summed E-state index contributed by atoms with van der Waals surface area (Å²) < 4.78 is 17.8. The number of hydrogen-bond donors (Lipinski definition) is 1. The van der Waals surface area contributed by atoms with Gasteiger partial charge in [-0.1, -0.05) is 29.1 Å². The molecular weight excluding hydrogens is 285 g/mol. The highest BCUT2D eigenvalue weighted by Crippen LogP contribution is 2.28. The second kappa shape index (κ2) is 6.41. The zero-order chi connectivity index (χ0) is 13.8. The molecule has 19 heavy (non-hydrogen) atoms. The van der Waals surface area contributed by atoms with Gasteiger partial charge in [0.05, 0.1) is 10.6 Å². The molecule has 2 aromatic rings. The van der Waals surface area contributed by atoms with E-state index in [4.69, 9.17) is 11.6 Å². The van der Waals surface area contributed by atoms with Crippen molar-refractivity contribution in [1.82, 2.24) is 14.9 Å². The van der Waals surface area contributed by atoms with Crippen molar-refractivity contribution in [2.75, 3.05) is 6.54 Å². The predicted octanol–water partition coefficient (Wildman–Crippen LogP) is 3.53. The maximum atomic E-state index is 13.9. The van der Waals surface area contributed by atoms with Gasteiger partial charge in [-0.05, 0) is 43.6 Å². The average Bonchev–Trinajstić information content (AvgIpc) is 2.79. The third-order valence-electron chi connectivity index (χ3n) is 2.92. The summed E-state index contributed by atoms with van der Waals surface area (Å²) >= 11 is 7.42. The molecule has 0 bridgehead atoms. The van der Waals surface area contributed by atoms with E-state index in [1.165, 1.54) is 17.6 Å². The van der Waals surface area contributed by atoms with Crippen LogP contribution in [0.3, 0.4) is 0 Å². The van der Waals surface area contributed by atoms with Gasteiger partial charge >= 0.3 is 0 Å². The Hall–Kier alpha value is -1.04. The van der Waals surface area contributed by atoms with Gasteiger partial charge in [-0.2, -0.15) is 0 Å². The van der Waals surface area contributed by atoms with Crippen molar-refractivity contribution in [1.29, 1.82) is 0 Å². The molecule has 0 aliphatic heterocycles. The standard InChI is InChI=1S/C13H15ClFN3S/c1-3-16-12(13-8(2)17-18-19-13)7-9-10(14)5-4-6-11(9)15/h4-6,12,16H,3,7H2,1-2H3. The quantitative estimate of drug-likeness (QED) is 0.918. The smallest absolute Gasteiger partial charge is 0.127 e. The first-order chi connectivity index (χ1) is 9.13. The number of aromatic nitrogens is 2. The number of benzene rings is 1. The Morgan fingerprint density at radius 3 is 2.84 bits per heavy atom. The summed E-state index contributed by atoms with van der Waals surface area (Å²) in [5.74, 6) is -0.273. The summed E-state index contributed by atoms with van der Waals surface area (Å²) in [5.41, 5.74) is 1.41. The SMILES string of the molecule is CCNC(Cc1c(F)cccc1Cl)c1snnc1C. The van der Waals surface area contributed by atoms with E-state index in [1.807, 2.05) is 13.8 Å². The van der Waals surface area contributed by atoms with Crippen molar-refractivity contribution in [2.45, 2.75) is 26.3 Å². The van der Waals surface area contributed by atoms with E-state index in [0.717, 1.165) is 17.1 Å². The summed E-state index contributed by atoms with van der Waals surface area (Å²) in [7, 11) is 0. The lowest BCUT2D eigenvalue weighted by molar-refractivity contribution is 0.532. The zero-order valence-corrected chi connectivity index (χ0v) is 12.4. The second-order valence-electron chi connectivity index (χ2n) is 4.24. The Morgan fingerprint density at radius 2 is 2.26 bits per heavy atom. The van der Waals surface area contributed by atoms with Crippen molar-refractivity contribution < 1.29 is 4.39 Å². The van der Waals surface area contributed by atoms with Gasteiger partial charge in [0.15, 0.2) is 0 Å². The molecule has 6 heteroatoms. The Bertz CT molecular complexity index is 538. The van der Waals surface area contributed by atoms with Crippen LogP contribution in [0.25, 0.3) is 0 Å². The molecule has 0 saturated carbocycles. The Balaban J connectivity index is 2.29. The summed E-state index contributed by atoms with van der Waals surface area (Å²) in [6.07, 6.45) is 0.490. The van der Waals surface area contributed by atoms with Crippen LogP contribution in [-0.2, 0) is 6.42 Å². The van der Waals surface area contributed by atoms with Crippen LogP contribution in [0.15, 0.2) is 18.2 Å². The van der Waals surface area contributed by atoms with Gasteiger partial charge in [-0.25, -0.2) is 4.39 Å². The third-order valence-corrected chi connectivity index (χ3v) is 4.22. The van der Waals surface area contributed by atoms with Gasteiger partial charge < -0.3 is 5.32 Å². The molecule has 1 heterocycles. The maximum absolute atomic E-state index is 13.9. The minimum absolute atomic E-state index is 0.0144. The fourth-order valence-corrected chi connectivity index (χ4v) is 2.95. The second-order valence-corrected chi connectivity index (χ2v) is 5.43. The number of nitrogens with one attached hydrogen (secondary N) is 1. The van der Waals surface area contributed by atoms with Gasteiger partial charge in [0.25, 0.3) is 0 Å². The molecule has 1 atom stereocenters. The van der Waals surface area contributed by atoms with Crippen LogP contribution in [0.2, 0.25) is 5.02 Å². The van der Waals surface area contributed by atoms with Crippen molar-refractivity contribution in [3.63, 3.8) is 0 Å². The van der Waals surface area contributed by atoms with E-state index >= 15 is 0 Å². The Labute approximate surface area is 121 Å². The molecule has 0 aliphatic carbocycles. The van der Waals surface area contributed by atoms with Gasteiger partial charge in [-0.15, -0.1) is 5.10 Å². The molecule has 1 N–H and O–H groups in total. The van der Waals surface area contributed by atoms with Crippen molar-refractivity contribution in [3.8, 4) is 0 Å². The predicted molar refractivity (Wildman–Crippen MR) is 76.2 cm³/mol. The van der Waals surface area contributed by atoms with Crippen LogP contribution in [0, 0.1) is 12.7 Å². The van der Waals surface area contributed by atoms with Crippen LogP contribution in [0.4, 0.5) is 4.39 Å². The molecule has 1 aromatic heterocycles. The molecule has 0 radical (unpaired) electrons. The monoisotopic (exact) mass is 299 g/mol.